The summed E-state index contributed by atoms with van der Waals surface area (Å²) in [5, 5.41) is 15.6. The monoisotopic (exact) mass is 446 g/mol. The maximum atomic E-state index is 13.1. The predicted molar refractivity (Wildman–Crippen MR) is 115 cm³/mol. The van der Waals surface area contributed by atoms with Gasteiger partial charge in [0.15, 0.2) is 5.69 Å². The van der Waals surface area contributed by atoms with Crippen LogP contribution < -0.4 is 16.2 Å². The summed E-state index contributed by atoms with van der Waals surface area (Å²) in [6, 6.07) is 4.91. The number of likely N-dealkylation sites (N-methyl/N-ethyl adjacent to an activating group) is 1. The number of nitrogens with one attached hydrogen (secondary N) is 2. The molecule has 1 fully saturated rings. The third-order valence-corrected chi connectivity index (χ3v) is 5.44. The van der Waals surface area contributed by atoms with Crippen LogP contribution in [0.4, 0.5) is 9.18 Å². The summed E-state index contributed by atoms with van der Waals surface area (Å²) in [6.07, 6.45) is 0. The number of rotatable bonds is 5. The van der Waals surface area contributed by atoms with Crippen LogP contribution in [0.2, 0.25) is 0 Å². The molecule has 10 nitrogen and oxygen atoms in total. The van der Waals surface area contributed by atoms with E-state index in [1.54, 1.807) is 4.90 Å². The van der Waals surface area contributed by atoms with Gasteiger partial charge in [-0.25, -0.2) is 14.2 Å². The highest BCUT2D eigenvalue weighted by atomic mass is 19.1. The van der Waals surface area contributed by atoms with Gasteiger partial charge in [0, 0.05) is 39.8 Å². The first kappa shape index (κ1) is 23.2. The number of hydrogen-bond donors (Lipinski definition) is 3. The number of aromatic hydroxyl groups is 1. The van der Waals surface area contributed by atoms with Crippen molar-refractivity contribution in [2.75, 3.05) is 33.2 Å². The van der Waals surface area contributed by atoms with Gasteiger partial charge in [0.2, 0.25) is 5.75 Å². The number of piperazine rings is 1. The predicted octanol–water partition coefficient (Wildman–Crippen LogP) is 0.573. The Hall–Kier alpha value is -3.47. The second-order valence-corrected chi connectivity index (χ2v) is 7.62. The van der Waals surface area contributed by atoms with Crippen LogP contribution in [0, 0.1) is 5.82 Å². The lowest BCUT2D eigenvalue weighted by atomic mass is 10.1. The zero-order valence-electron chi connectivity index (χ0n) is 18.3. The van der Waals surface area contributed by atoms with Gasteiger partial charge in [0.05, 0.1) is 6.04 Å². The molecule has 1 aliphatic rings. The first-order valence-electron chi connectivity index (χ1n) is 10.3. The number of nitrogens with zero attached hydrogens (tertiary/aromatic N) is 4. The Morgan fingerprint density at radius 1 is 1.19 bits per heavy atom. The van der Waals surface area contributed by atoms with E-state index >= 15 is 0 Å². The Kier molecular flexibility index (Phi) is 7.08. The lowest BCUT2D eigenvalue weighted by Crippen LogP contribution is -2.53. The average Bonchev–Trinajstić information content (AvgIpc) is 2.78. The maximum Gasteiger partial charge on any atom is 0.317 e. The van der Waals surface area contributed by atoms with Crippen molar-refractivity contribution in [3.05, 3.63) is 57.5 Å². The van der Waals surface area contributed by atoms with Crippen molar-refractivity contribution in [3.8, 4) is 5.75 Å². The van der Waals surface area contributed by atoms with Crippen molar-refractivity contribution in [3.63, 3.8) is 0 Å². The SMILES string of the molecule is CCNC(=O)N1CCN(C)C(c2nc(C(=O)NCc3ccc(F)cc3)c(O)c(=O)n2C)C1. The van der Waals surface area contributed by atoms with Crippen molar-refractivity contribution in [1.82, 2.24) is 30.0 Å². The minimum Gasteiger partial charge on any atom is -0.501 e. The highest BCUT2D eigenvalue weighted by Gasteiger charge is 2.32. The molecular formula is C21H27FN6O4. The molecule has 0 aliphatic carbocycles. The zero-order valence-corrected chi connectivity index (χ0v) is 18.3. The van der Waals surface area contributed by atoms with E-state index in [0.717, 1.165) is 0 Å². The molecule has 0 radical (unpaired) electrons. The number of amides is 3. The van der Waals surface area contributed by atoms with Crippen molar-refractivity contribution in [2.24, 2.45) is 7.05 Å². The fourth-order valence-corrected chi connectivity index (χ4v) is 3.53. The second kappa shape index (κ2) is 9.77. The molecular weight excluding hydrogens is 419 g/mol. The normalized spacial score (nSPS) is 16.6. The number of benzene rings is 1. The maximum absolute atomic E-state index is 13.1. The van der Waals surface area contributed by atoms with Crippen LogP contribution in [0.15, 0.2) is 29.1 Å². The standard InChI is InChI=1S/C21H27FN6O4/c1-4-23-21(32)28-10-9-26(2)15(12-28)18-25-16(17(29)20(31)27(18)3)19(30)24-11-13-5-7-14(22)8-6-13/h5-8,15,29H,4,9-12H2,1-3H3,(H,23,32)(H,24,30). The highest BCUT2D eigenvalue weighted by Crippen LogP contribution is 2.23. The summed E-state index contributed by atoms with van der Waals surface area (Å²) in [4.78, 5) is 45.5. The quantitative estimate of drug-likeness (QED) is 0.618. The van der Waals surface area contributed by atoms with Crippen LogP contribution in [-0.2, 0) is 13.6 Å². The molecule has 1 atom stereocenters. The molecule has 1 saturated heterocycles. The summed E-state index contributed by atoms with van der Waals surface area (Å²) in [6.45, 7) is 3.71. The molecule has 172 valence electrons. The van der Waals surface area contributed by atoms with Gasteiger partial charge in [0.25, 0.3) is 11.5 Å². The summed E-state index contributed by atoms with van der Waals surface area (Å²) < 4.78 is 14.2. The molecule has 2 aromatic rings. The van der Waals surface area contributed by atoms with E-state index in [0.29, 0.717) is 25.2 Å². The van der Waals surface area contributed by atoms with Gasteiger partial charge in [-0.2, -0.15) is 0 Å². The number of hydrogen-bond acceptors (Lipinski definition) is 6. The van der Waals surface area contributed by atoms with Gasteiger partial charge in [-0.15, -0.1) is 0 Å². The fourth-order valence-electron chi connectivity index (χ4n) is 3.53. The second-order valence-electron chi connectivity index (χ2n) is 7.62. The molecule has 1 aliphatic heterocycles. The molecule has 11 heteroatoms. The molecule has 1 aromatic carbocycles. The van der Waals surface area contributed by atoms with E-state index in [1.807, 2.05) is 18.9 Å². The molecule has 3 rings (SSSR count). The number of aromatic nitrogens is 2. The number of carbonyl (C=O) groups is 2. The van der Waals surface area contributed by atoms with Crippen molar-refractivity contribution in [1.29, 1.82) is 0 Å². The van der Waals surface area contributed by atoms with Crippen LogP contribution in [0.3, 0.4) is 0 Å². The topological polar surface area (TPSA) is 120 Å². The third kappa shape index (κ3) is 4.88. The fraction of sp³-hybridized carbons (Fsp3) is 0.429. The van der Waals surface area contributed by atoms with Gasteiger partial charge >= 0.3 is 6.03 Å². The Balaban J connectivity index is 1.87. The Morgan fingerprint density at radius 2 is 1.88 bits per heavy atom. The first-order valence-corrected chi connectivity index (χ1v) is 10.3. The minimum atomic E-state index is -0.759. The number of urea groups is 1. The average molecular weight is 446 g/mol. The lowest BCUT2D eigenvalue weighted by Gasteiger charge is -2.39. The third-order valence-electron chi connectivity index (χ3n) is 5.44. The smallest absolute Gasteiger partial charge is 0.317 e. The highest BCUT2D eigenvalue weighted by molar-refractivity contribution is 5.94. The summed E-state index contributed by atoms with van der Waals surface area (Å²) >= 11 is 0. The van der Waals surface area contributed by atoms with Crippen molar-refractivity contribution >= 4 is 11.9 Å². The number of halogens is 1. The van der Waals surface area contributed by atoms with Crippen LogP contribution in [0.5, 0.6) is 5.75 Å². The minimum absolute atomic E-state index is 0.0685. The molecule has 2 heterocycles. The summed E-state index contributed by atoms with van der Waals surface area (Å²) in [5.74, 6) is -1.62. The van der Waals surface area contributed by atoms with Gasteiger partial charge < -0.3 is 20.6 Å². The van der Waals surface area contributed by atoms with Gasteiger partial charge in [-0.1, -0.05) is 12.1 Å². The van der Waals surface area contributed by atoms with Crippen LogP contribution in [0.1, 0.15) is 34.8 Å². The molecule has 0 saturated carbocycles. The van der Waals surface area contributed by atoms with E-state index < -0.39 is 34.8 Å². The molecule has 3 N–H and O–H groups in total. The molecule has 0 bridgehead atoms. The molecule has 32 heavy (non-hydrogen) atoms. The van der Waals surface area contributed by atoms with E-state index in [4.69, 9.17) is 0 Å². The van der Waals surface area contributed by atoms with Crippen LogP contribution in [0.25, 0.3) is 0 Å². The summed E-state index contributed by atoms with van der Waals surface area (Å²) in [7, 11) is 3.30. The van der Waals surface area contributed by atoms with E-state index in [-0.39, 0.29) is 24.9 Å². The zero-order chi connectivity index (χ0) is 23.4. The van der Waals surface area contributed by atoms with E-state index in [9.17, 15) is 23.9 Å². The largest absolute Gasteiger partial charge is 0.501 e. The van der Waals surface area contributed by atoms with Crippen LogP contribution in [-0.4, -0.2) is 69.6 Å². The molecule has 3 amide bonds. The molecule has 0 spiro atoms. The van der Waals surface area contributed by atoms with Gasteiger partial charge in [-0.3, -0.25) is 19.1 Å². The first-order chi connectivity index (χ1) is 15.2. The van der Waals surface area contributed by atoms with Gasteiger partial charge in [0.1, 0.15) is 11.6 Å². The van der Waals surface area contributed by atoms with E-state index in [1.165, 1.54) is 35.9 Å². The summed E-state index contributed by atoms with van der Waals surface area (Å²) in [5.41, 5.74) is -0.507. The van der Waals surface area contributed by atoms with E-state index in [2.05, 4.69) is 15.6 Å². The lowest BCUT2D eigenvalue weighted by molar-refractivity contribution is 0.0929. The van der Waals surface area contributed by atoms with Crippen molar-refractivity contribution in [2.45, 2.75) is 19.5 Å². The number of carbonyl (C=O) groups excluding carboxylic acids is 2. The Labute approximate surface area is 184 Å². The van der Waals surface area contributed by atoms with Gasteiger partial charge in [-0.05, 0) is 31.7 Å². The molecule has 1 aromatic heterocycles. The Bertz CT molecular complexity index is 1060. The van der Waals surface area contributed by atoms with Crippen molar-refractivity contribution < 1.29 is 19.1 Å². The molecule has 1 unspecified atom stereocenters. The Morgan fingerprint density at radius 3 is 2.53 bits per heavy atom. The van der Waals surface area contributed by atoms with Crippen LogP contribution >= 0.6 is 0 Å².